The molecule has 1 aliphatic carbocycles. The lowest BCUT2D eigenvalue weighted by molar-refractivity contribution is -0.376. The summed E-state index contributed by atoms with van der Waals surface area (Å²) in [7, 11) is 0. The van der Waals surface area contributed by atoms with Gasteiger partial charge in [-0.1, -0.05) is 62.9 Å². The van der Waals surface area contributed by atoms with Crippen LogP contribution in [0.1, 0.15) is 70.6 Å². The smallest absolute Gasteiger partial charge is 0.0993 e. The molecule has 108 valence electrons. The van der Waals surface area contributed by atoms with Crippen molar-refractivity contribution in [3.05, 3.63) is 0 Å². The zero-order valence-electron chi connectivity index (χ0n) is 10.7. The van der Waals surface area contributed by atoms with Crippen LogP contribution < -0.4 is 0 Å². The summed E-state index contributed by atoms with van der Waals surface area (Å²) < 4.78 is 51.5. The monoisotopic (exact) mass is 270 g/mol. The normalized spacial score (nSPS) is 23.7. The summed E-state index contributed by atoms with van der Waals surface area (Å²) >= 11 is 0. The first kappa shape index (κ1) is 15.7. The van der Waals surface area contributed by atoms with Crippen molar-refractivity contribution in [2.75, 3.05) is 0 Å². The van der Waals surface area contributed by atoms with Crippen molar-refractivity contribution in [1.29, 1.82) is 0 Å². The van der Waals surface area contributed by atoms with Gasteiger partial charge in [-0.2, -0.15) is 0 Å². The summed E-state index contributed by atoms with van der Waals surface area (Å²) in [6.07, 6.45) is 7.24. The average molecular weight is 270 g/mol. The second-order valence-electron chi connectivity index (χ2n) is 5.13. The van der Waals surface area contributed by atoms with E-state index < -0.39 is 16.4 Å². The summed E-state index contributed by atoms with van der Waals surface area (Å²) in [5.41, 5.74) is -2.38. The van der Waals surface area contributed by atoms with Gasteiger partial charge in [-0.15, -0.1) is 0 Å². The molecule has 0 spiro atoms. The van der Waals surface area contributed by atoms with Crippen molar-refractivity contribution in [1.82, 2.24) is 10.7 Å². The maximum atomic E-state index is 12.9. The van der Waals surface area contributed by atoms with E-state index in [4.69, 9.17) is 0 Å². The molecule has 0 unspecified atom stereocenters. The number of halogens is 4. The van der Waals surface area contributed by atoms with E-state index in [0.29, 0.717) is 12.8 Å². The number of hydrogen-bond donors (Lipinski definition) is 0. The van der Waals surface area contributed by atoms with Gasteiger partial charge in [0.2, 0.25) is 0 Å². The Morgan fingerprint density at radius 2 is 0.778 bits per heavy atom. The molecule has 2 nitrogen and oxygen atoms in total. The molecule has 18 heavy (non-hydrogen) atoms. The van der Waals surface area contributed by atoms with E-state index in [1.807, 2.05) is 0 Å². The highest BCUT2D eigenvalue weighted by Gasteiger charge is 2.46. The SMILES string of the molecule is FN(F)C1(N(F)F)CCCCCCCCCCC1. The molecule has 0 bridgehead atoms. The number of nitrogens with zero attached hydrogens (tertiary/aromatic N) is 2. The van der Waals surface area contributed by atoms with E-state index in [2.05, 4.69) is 0 Å². The zero-order valence-corrected chi connectivity index (χ0v) is 10.7. The number of rotatable bonds is 2. The molecule has 0 aromatic heterocycles. The van der Waals surface area contributed by atoms with E-state index in [-0.39, 0.29) is 12.8 Å². The van der Waals surface area contributed by atoms with Crippen LogP contribution in [0.5, 0.6) is 0 Å². The topological polar surface area (TPSA) is 6.48 Å². The van der Waals surface area contributed by atoms with Crippen LogP contribution in [0.3, 0.4) is 0 Å². The van der Waals surface area contributed by atoms with Gasteiger partial charge in [-0.3, -0.25) is 0 Å². The first-order valence-electron chi connectivity index (χ1n) is 6.83. The van der Waals surface area contributed by atoms with Gasteiger partial charge >= 0.3 is 0 Å². The van der Waals surface area contributed by atoms with E-state index in [9.17, 15) is 17.9 Å². The van der Waals surface area contributed by atoms with Crippen LogP contribution in [-0.2, 0) is 0 Å². The molecule has 0 saturated heterocycles. The Morgan fingerprint density at radius 3 is 1.06 bits per heavy atom. The molecule has 0 heterocycles. The fourth-order valence-corrected chi connectivity index (χ4v) is 2.57. The average Bonchev–Trinajstić information content (AvgIpc) is 2.29. The third-order valence-electron chi connectivity index (χ3n) is 3.78. The predicted molar refractivity (Wildman–Crippen MR) is 61.6 cm³/mol. The zero-order chi connectivity index (χ0) is 13.4. The van der Waals surface area contributed by atoms with Crippen LogP contribution in [0.25, 0.3) is 0 Å². The summed E-state index contributed by atoms with van der Waals surface area (Å²) in [5.74, 6) is 0. The molecule has 6 heteroatoms. The Kier molecular flexibility index (Phi) is 6.92. The van der Waals surface area contributed by atoms with Gasteiger partial charge in [0.05, 0.1) is 0 Å². The van der Waals surface area contributed by atoms with Gasteiger partial charge in [0.1, 0.15) is 0 Å². The van der Waals surface area contributed by atoms with Crippen LogP contribution in [0.4, 0.5) is 17.9 Å². The lowest BCUT2D eigenvalue weighted by Crippen LogP contribution is -2.48. The largest absolute Gasteiger partial charge is 0.196 e. The van der Waals surface area contributed by atoms with Crippen molar-refractivity contribution >= 4 is 0 Å². The molecule has 0 atom stereocenters. The highest BCUT2D eigenvalue weighted by Crippen LogP contribution is 2.35. The number of hydrogen-bond acceptors (Lipinski definition) is 2. The molecule has 1 rings (SSSR count). The fourth-order valence-electron chi connectivity index (χ4n) is 2.57. The molecule has 0 aromatic carbocycles. The van der Waals surface area contributed by atoms with Gasteiger partial charge in [0, 0.05) is 10.7 Å². The van der Waals surface area contributed by atoms with Crippen molar-refractivity contribution < 1.29 is 17.9 Å². The third kappa shape index (κ3) is 4.39. The van der Waals surface area contributed by atoms with Gasteiger partial charge in [-0.05, 0) is 25.7 Å². The van der Waals surface area contributed by atoms with E-state index in [0.717, 1.165) is 38.5 Å². The molecular formula is C12H22F4N2. The Hall–Kier alpha value is -0.360. The molecule has 0 N–H and O–H groups in total. The summed E-state index contributed by atoms with van der Waals surface area (Å²) in [6, 6.07) is 0. The highest BCUT2D eigenvalue weighted by atomic mass is 19.4. The van der Waals surface area contributed by atoms with E-state index in [1.165, 1.54) is 6.42 Å². The molecule has 1 aliphatic rings. The Bertz CT molecular complexity index is 202. The summed E-state index contributed by atoms with van der Waals surface area (Å²) in [5, 5.41) is -2.59. The first-order valence-corrected chi connectivity index (χ1v) is 6.83. The minimum Gasteiger partial charge on any atom is -0.0993 e. The van der Waals surface area contributed by atoms with Gasteiger partial charge in [-0.25, -0.2) is 0 Å². The van der Waals surface area contributed by atoms with Crippen molar-refractivity contribution in [2.45, 2.75) is 76.3 Å². The summed E-state index contributed by atoms with van der Waals surface area (Å²) in [4.78, 5) is 0. The Labute approximate surface area is 106 Å². The minimum atomic E-state index is -2.38. The predicted octanol–water partition coefficient (Wildman–Crippen LogP) is 5.13. The lowest BCUT2D eigenvalue weighted by atomic mass is 9.94. The maximum Gasteiger partial charge on any atom is 0.196 e. The van der Waals surface area contributed by atoms with Crippen molar-refractivity contribution in [3.63, 3.8) is 0 Å². The van der Waals surface area contributed by atoms with Gasteiger partial charge in [0.15, 0.2) is 5.66 Å². The highest BCUT2D eigenvalue weighted by molar-refractivity contribution is 4.78. The molecular weight excluding hydrogens is 248 g/mol. The van der Waals surface area contributed by atoms with Crippen LogP contribution in [-0.4, -0.2) is 16.4 Å². The molecule has 0 aliphatic heterocycles. The van der Waals surface area contributed by atoms with Crippen LogP contribution in [0.15, 0.2) is 0 Å². The van der Waals surface area contributed by atoms with E-state index >= 15 is 0 Å². The van der Waals surface area contributed by atoms with Crippen molar-refractivity contribution in [2.24, 2.45) is 0 Å². The fraction of sp³-hybridized carbons (Fsp3) is 1.00. The van der Waals surface area contributed by atoms with Crippen molar-refractivity contribution in [3.8, 4) is 0 Å². The molecule has 1 fully saturated rings. The van der Waals surface area contributed by atoms with Crippen LogP contribution >= 0.6 is 0 Å². The minimum absolute atomic E-state index is 0.174. The second-order valence-corrected chi connectivity index (χ2v) is 5.13. The quantitative estimate of drug-likeness (QED) is 0.390. The molecule has 1 saturated carbocycles. The Balaban J connectivity index is 2.63. The third-order valence-corrected chi connectivity index (χ3v) is 3.78. The summed E-state index contributed by atoms with van der Waals surface area (Å²) in [6.45, 7) is 0. The second kappa shape index (κ2) is 7.94. The van der Waals surface area contributed by atoms with Crippen LogP contribution in [0.2, 0.25) is 0 Å². The molecule has 0 aromatic rings. The standard InChI is InChI=1S/C12H22F4N2/c13-17(14)12(18(15)16)10-8-6-4-2-1-3-5-7-9-11-12/h1-11H2. The molecule has 0 radical (unpaired) electrons. The maximum absolute atomic E-state index is 12.9. The van der Waals surface area contributed by atoms with Gasteiger partial charge < -0.3 is 0 Å². The first-order chi connectivity index (χ1) is 8.59. The lowest BCUT2D eigenvalue weighted by Gasteiger charge is -2.33. The van der Waals surface area contributed by atoms with Gasteiger partial charge in [0.25, 0.3) is 0 Å². The molecule has 0 amide bonds. The van der Waals surface area contributed by atoms with Crippen LogP contribution in [0, 0.1) is 0 Å². The Morgan fingerprint density at radius 1 is 0.500 bits per heavy atom. The van der Waals surface area contributed by atoms with E-state index in [1.54, 1.807) is 0 Å².